The van der Waals surface area contributed by atoms with Crippen LogP contribution in [0.4, 0.5) is 0 Å². The van der Waals surface area contributed by atoms with Crippen LogP contribution in [0.25, 0.3) is 0 Å². The number of hydrogen-bond acceptors (Lipinski definition) is 1. The average Bonchev–Trinajstić information content (AvgIpc) is 3.10. The molecule has 0 amide bonds. The van der Waals surface area contributed by atoms with E-state index in [0.29, 0.717) is 0 Å². The highest BCUT2D eigenvalue weighted by molar-refractivity contribution is 8.01. The lowest BCUT2D eigenvalue weighted by Gasteiger charge is -2.43. The summed E-state index contributed by atoms with van der Waals surface area (Å²) in [7, 11) is -1.61. The van der Waals surface area contributed by atoms with Crippen LogP contribution in [0.5, 0.6) is 0 Å². The lowest BCUT2D eigenvalue weighted by molar-refractivity contribution is 0.532. The Bertz CT molecular complexity index is 2030. The van der Waals surface area contributed by atoms with Gasteiger partial charge in [0.25, 0.3) is 0 Å². The molecule has 0 saturated carbocycles. The van der Waals surface area contributed by atoms with Crippen LogP contribution in [0, 0.1) is 0 Å². The zero-order valence-corrected chi connectivity index (χ0v) is 33.3. The van der Waals surface area contributed by atoms with Crippen LogP contribution < -0.4 is 31.8 Å². The Balaban J connectivity index is 1.58. The summed E-state index contributed by atoms with van der Waals surface area (Å²) in [5, 5.41) is 8.50. The standard InChI is InChI=1S/C47H48P2S/c1-45(2,3)33-31-39-43(41(32-33)49(36-25-17-11-18-26-36)37-27-19-12-20-28-37)50-44-40(30-29-38(46(4,5)6)42(44)47(39,7)8)48(34-21-13-9-14-22-34)35-23-15-10-16-24-35/h9-32H,1-8H3. The Kier molecular flexibility index (Phi) is 9.50. The van der Waals surface area contributed by atoms with Gasteiger partial charge in [0, 0.05) is 15.2 Å². The first-order chi connectivity index (χ1) is 23.9. The molecule has 0 bridgehead atoms. The molecular weight excluding hydrogens is 659 g/mol. The second-order valence-corrected chi connectivity index (χ2v) is 21.3. The summed E-state index contributed by atoms with van der Waals surface area (Å²) in [5.74, 6) is 0. The number of hydrogen-bond donors (Lipinski definition) is 0. The number of fused-ring (bicyclic) bond motifs is 2. The molecule has 0 fully saturated rings. The van der Waals surface area contributed by atoms with Gasteiger partial charge in [0.15, 0.2) is 0 Å². The molecule has 0 radical (unpaired) electrons. The van der Waals surface area contributed by atoms with Gasteiger partial charge in [-0.2, -0.15) is 0 Å². The van der Waals surface area contributed by atoms with Gasteiger partial charge < -0.3 is 0 Å². The van der Waals surface area contributed by atoms with E-state index in [4.69, 9.17) is 0 Å². The predicted octanol–water partition coefficient (Wildman–Crippen LogP) is 10.6. The summed E-state index contributed by atoms with van der Waals surface area (Å²) in [6, 6.07) is 55.0. The van der Waals surface area contributed by atoms with Crippen molar-refractivity contribution in [3.05, 3.63) is 168 Å². The van der Waals surface area contributed by atoms with Crippen LogP contribution in [0.3, 0.4) is 0 Å². The van der Waals surface area contributed by atoms with Gasteiger partial charge in [-0.15, -0.1) is 0 Å². The Morgan fingerprint density at radius 2 is 0.880 bits per heavy atom. The fourth-order valence-electron chi connectivity index (χ4n) is 7.28. The highest BCUT2D eigenvalue weighted by Crippen LogP contribution is 2.56. The molecule has 1 heterocycles. The maximum Gasteiger partial charge on any atom is 0.0250 e. The second-order valence-electron chi connectivity index (χ2n) is 15.9. The normalized spacial score (nSPS) is 14.0. The minimum Gasteiger partial charge on any atom is -0.0880 e. The van der Waals surface area contributed by atoms with Gasteiger partial charge in [-0.05, 0) is 86.8 Å². The second kappa shape index (κ2) is 13.6. The van der Waals surface area contributed by atoms with E-state index in [0.717, 1.165) is 0 Å². The third-order valence-electron chi connectivity index (χ3n) is 9.92. The highest BCUT2D eigenvalue weighted by Gasteiger charge is 2.42. The molecule has 6 aromatic rings. The van der Waals surface area contributed by atoms with Crippen LogP contribution in [-0.2, 0) is 16.2 Å². The van der Waals surface area contributed by atoms with E-state index in [-0.39, 0.29) is 16.2 Å². The molecule has 0 aromatic heterocycles. The van der Waals surface area contributed by atoms with Crippen LogP contribution in [0.1, 0.15) is 77.6 Å². The van der Waals surface area contributed by atoms with Crippen molar-refractivity contribution >= 4 is 59.4 Å². The summed E-state index contributed by atoms with van der Waals surface area (Å²) in [6.45, 7) is 19.3. The van der Waals surface area contributed by atoms with Gasteiger partial charge in [0.2, 0.25) is 0 Å². The smallest absolute Gasteiger partial charge is 0.0250 e. The lowest BCUT2D eigenvalue weighted by atomic mass is 9.70. The van der Waals surface area contributed by atoms with Gasteiger partial charge in [-0.3, -0.25) is 0 Å². The SMILES string of the molecule is CC(C)(C)c1cc(P(c2ccccc2)c2ccccc2)c2c(c1)C(C)(C)c1c(C(C)(C)C)ccc(P(c3ccccc3)c3ccccc3)c1S2. The van der Waals surface area contributed by atoms with Crippen LogP contribution in [0.15, 0.2) is 155 Å². The van der Waals surface area contributed by atoms with Crippen molar-refractivity contribution in [3.8, 4) is 0 Å². The van der Waals surface area contributed by atoms with Crippen LogP contribution >= 0.6 is 27.6 Å². The van der Waals surface area contributed by atoms with E-state index in [1.807, 2.05) is 0 Å². The predicted molar refractivity (Wildman–Crippen MR) is 224 cm³/mol. The zero-order valence-electron chi connectivity index (χ0n) is 30.7. The molecule has 0 nitrogen and oxygen atoms in total. The summed E-state index contributed by atoms with van der Waals surface area (Å²) >= 11 is 2.06. The quantitative estimate of drug-likeness (QED) is 0.155. The summed E-state index contributed by atoms with van der Waals surface area (Å²) in [4.78, 5) is 2.90. The molecule has 1 aliphatic heterocycles. The zero-order chi connectivity index (χ0) is 35.3. The summed E-state index contributed by atoms with van der Waals surface area (Å²) < 4.78 is 0. The van der Waals surface area contributed by atoms with Gasteiger partial charge in [0.1, 0.15) is 0 Å². The average molecular weight is 707 g/mol. The molecule has 7 rings (SSSR count). The fourth-order valence-corrected chi connectivity index (χ4v) is 14.3. The van der Waals surface area contributed by atoms with E-state index in [9.17, 15) is 0 Å². The first-order valence-electron chi connectivity index (χ1n) is 17.7. The van der Waals surface area contributed by atoms with Gasteiger partial charge in [0.05, 0.1) is 0 Å². The van der Waals surface area contributed by atoms with Crippen molar-refractivity contribution in [3.63, 3.8) is 0 Å². The van der Waals surface area contributed by atoms with Crippen molar-refractivity contribution in [2.24, 2.45) is 0 Å². The molecule has 3 heteroatoms. The number of rotatable bonds is 6. The minimum absolute atomic E-state index is 0.00281. The minimum atomic E-state index is -0.813. The van der Waals surface area contributed by atoms with Gasteiger partial charge >= 0.3 is 0 Å². The first kappa shape index (κ1) is 35.0. The molecule has 0 saturated heterocycles. The van der Waals surface area contributed by atoms with Crippen molar-refractivity contribution in [1.82, 2.24) is 0 Å². The maximum absolute atomic E-state index is 2.57. The van der Waals surface area contributed by atoms with Crippen LogP contribution in [-0.4, -0.2) is 0 Å². The van der Waals surface area contributed by atoms with Gasteiger partial charge in [-0.25, -0.2) is 0 Å². The topological polar surface area (TPSA) is 0 Å². The molecule has 0 spiro atoms. The fraction of sp³-hybridized carbons (Fsp3) is 0.234. The van der Waals surface area contributed by atoms with Crippen molar-refractivity contribution in [2.45, 2.75) is 81.4 Å². The largest absolute Gasteiger partial charge is 0.0880 e. The Morgan fingerprint density at radius 1 is 0.460 bits per heavy atom. The summed E-state index contributed by atoms with van der Waals surface area (Å²) in [6.07, 6.45) is 0. The monoisotopic (exact) mass is 706 g/mol. The van der Waals surface area contributed by atoms with E-state index >= 15 is 0 Å². The van der Waals surface area contributed by atoms with Crippen molar-refractivity contribution in [2.75, 3.05) is 0 Å². The van der Waals surface area contributed by atoms with E-state index in [2.05, 4.69) is 213 Å². The number of benzene rings is 6. The lowest BCUT2D eigenvalue weighted by Crippen LogP contribution is -2.36. The van der Waals surface area contributed by atoms with E-state index in [1.54, 1.807) is 0 Å². The molecular formula is C47H48P2S. The maximum atomic E-state index is 2.57. The van der Waals surface area contributed by atoms with Crippen molar-refractivity contribution < 1.29 is 0 Å². The molecule has 6 aromatic carbocycles. The molecule has 0 N–H and O–H groups in total. The van der Waals surface area contributed by atoms with Crippen molar-refractivity contribution in [1.29, 1.82) is 0 Å². The van der Waals surface area contributed by atoms with E-state index < -0.39 is 15.8 Å². The molecule has 1 aliphatic rings. The molecule has 0 aliphatic carbocycles. The summed E-state index contributed by atoms with van der Waals surface area (Å²) in [5.41, 5.74) is 5.60. The highest BCUT2D eigenvalue weighted by atomic mass is 32.2. The van der Waals surface area contributed by atoms with Crippen LogP contribution in [0.2, 0.25) is 0 Å². The van der Waals surface area contributed by atoms with E-state index in [1.165, 1.54) is 63.9 Å². The molecule has 0 atom stereocenters. The molecule has 0 unspecified atom stereocenters. The Morgan fingerprint density at radius 3 is 1.28 bits per heavy atom. The third-order valence-corrected chi connectivity index (χ3v) is 16.4. The Labute approximate surface area is 307 Å². The first-order valence-corrected chi connectivity index (χ1v) is 21.2. The van der Waals surface area contributed by atoms with Gasteiger partial charge in [-0.1, -0.05) is 207 Å². The third kappa shape index (κ3) is 6.55. The molecule has 50 heavy (non-hydrogen) atoms. The molecule has 252 valence electrons. The Hall–Kier alpha value is -3.47.